The minimum absolute atomic E-state index is 0.233. The molecular weight excluding hydrogens is 476 g/mol. The van der Waals surface area contributed by atoms with Crippen LogP contribution in [0.25, 0.3) is 11.2 Å². The van der Waals surface area contributed by atoms with Gasteiger partial charge >= 0.3 is 0 Å². The van der Waals surface area contributed by atoms with Crippen molar-refractivity contribution in [2.45, 2.75) is 44.8 Å². The largest absolute Gasteiger partial charge is 0.351 e. The van der Waals surface area contributed by atoms with Gasteiger partial charge in [0.25, 0.3) is 0 Å². The first-order valence-electron chi connectivity index (χ1n) is 13.6. The van der Waals surface area contributed by atoms with Crippen LogP contribution in [-0.4, -0.2) is 67.4 Å². The maximum atomic E-state index is 12.1. The van der Waals surface area contributed by atoms with Gasteiger partial charge in [-0.15, -0.1) is 0 Å². The van der Waals surface area contributed by atoms with E-state index in [9.17, 15) is 4.79 Å². The molecule has 2 N–H and O–H groups in total. The molecule has 0 bridgehead atoms. The minimum atomic E-state index is 0.233. The van der Waals surface area contributed by atoms with Gasteiger partial charge in [-0.05, 0) is 37.0 Å². The number of hydrogen-bond acceptors (Lipinski definition) is 7. The zero-order valence-electron chi connectivity index (χ0n) is 21.6. The number of carbonyl (C=O) groups excluding carboxylic acids is 1. The molecule has 4 aromatic rings. The Morgan fingerprint density at radius 2 is 1.66 bits per heavy atom. The highest BCUT2D eigenvalue weighted by atomic mass is 16.2. The summed E-state index contributed by atoms with van der Waals surface area (Å²) in [4.78, 5) is 31.0. The van der Waals surface area contributed by atoms with E-state index in [0.29, 0.717) is 37.3 Å². The van der Waals surface area contributed by atoms with E-state index in [1.54, 1.807) is 0 Å². The number of likely N-dealkylation sites (tertiary alicyclic amines) is 2. The predicted molar refractivity (Wildman–Crippen MR) is 149 cm³/mol. The highest BCUT2D eigenvalue weighted by Gasteiger charge is 2.23. The van der Waals surface area contributed by atoms with Crippen molar-refractivity contribution in [2.75, 3.05) is 36.8 Å². The molecular formula is C29H34N8O. The fourth-order valence-electron chi connectivity index (χ4n) is 5.35. The number of benzene rings is 2. The number of hydrogen-bond donors (Lipinski definition) is 2. The third-order valence-corrected chi connectivity index (χ3v) is 7.45. The summed E-state index contributed by atoms with van der Waals surface area (Å²) in [6.07, 6.45) is 5.46. The van der Waals surface area contributed by atoms with Gasteiger partial charge < -0.3 is 20.1 Å². The Morgan fingerprint density at radius 1 is 0.895 bits per heavy atom. The number of aromatic nitrogens is 4. The number of imidazole rings is 1. The summed E-state index contributed by atoms with van der Waals surface area (Å²) in [5.74, 6) is 1.52. The Labute approximate surface area is 222 Å². The lowest BCUT2D eigenvalue weighted by atomic mass is 10.0. The molecule has 6 rings (SSSR count). The second kappa shape index (κ2) is 11.2. The fraction of sp³-hybridized carbons (Fsp3) is 0.379. The number of nitrogens with one attached hydrogen (secondary N) is 2. The number of piperidine rings is 1. The quantitative estimate of drug-likeness (QED) is 0.348. The molecule has 2 fully saturated rings. The molecule has 2 aromatic heterocycles. The molecule has 0 aliphatic carbocycles. The molecule has 0 atom stereocenters. The number of amides is 1. The lowest BCUT2D eigenvalue weighted by molar-refractivity contribution is -0.127. The summed E-state index contributed by atoms with van der Waals surface area (Å²) in [5, 5.41) is 7.05. The molecule has 0 unspecified atom stereocenters. The van der Waals surface area contributed by atoms with Crippen LogP contribution in [0, 0.1) is 0 Å². The molecule has 2 aromatic carbocycles. The number of anilines is 3. The smallest absolute Gasteiger partial charge is 0.227 e. The van der Waals surface area contributed by atoms with E-state index >= 15 is 0 Å². The average molecular weight is 511 g/mol. The van der Waals surface area contributed by atoms with Crippen molar-refractivity contribution >= 4 is 34.5 Å². The lowest BCUT2D eigenvalue weighted by Gasteiger charge is -2.32. The van der Waals surface area contributed by atoms with Crippen molar-refractivity contribution in [3.05, 3.63) is 72.6 Å². The minimum Gasteiger partial charge on any atom is -0.351 e. The normalized spacial score (nSPS) is 16.8. The maximum absolute atomic E-state index is 12.1. The molecule has 2 aliphatic rings. The van der Waals surface area contributed by atoms with Gasteiger partial charge in [0, 0.05) is 57.4 Å². The van der Waals surface area contributed by atoms with Gasteiger partial charge in [0.1, 0.15) is 0 Å². The zero-order valence-corrected chi connectivity index (χ0v) is 21.6. The number of para-hydroxylation sites is 1. The maximum Gasteiger partial charge on any atom is 0.227 e. The van der Waals surface area contributed by atoms with E-state index in [2.05, 4.69) is 50.8 Å². The van der Waals surface area contributed by atoms with Gasteiger partial charge in [-0.2, -0.15) is 9.97 Å². The van der Waals surface area contributed by atoms with Crippen LogP contribution in [0.1, 0.15) is 31.2 Å². The Hall–Kier alpha value is -3.98. The van der Waals surface area contributed by atoms with Crippen LogP contribution in [0.2, 0.25) is 0 Å². The topological polar surface area (TPSA) is 91.2 Å². The zero-order chi connectivity index (χ0) is 25.7. The first-order valence-corrected chi connectivity index (χ1v) is 13.6. The lowest BCUT2D eigenvalue weighted by Crippen LogP contribution is -2.39. The highest BCUT2D eigenvalue weighted by molar-refractivity contribution is 5.86. The van der Waals surface area contributed by atoms with Crippen molar-refractivity contribution in [1.82, 2.24) is 29.3 Å². The van der Waals surface area contributed by atoms with E-state index in [-0.39, 0.29) is 5.91 Å². The van der Waals surface area contributed by atoms with Crippen molar-refractivity contribution in [1.29, 1.82) is 0 Å². The summed E-state index contributed by atoms with van der Waals surface area (Å²) in [6, 6.07) is 21.0. The van der Waals surface area contributed by atoms with E-state index in [1.165, 1.54) is 5.56 Å². The van der Waals surface area contributed by atoms with Crippen molar-refractivity contribution in [2.24, 2.45) is 0 Å². The standard InChI is InChI=1S/C29H34N8O/c38-25-12-7-15-36(25)18-19-37-21-30-26-27(31-23-10-5-2-6-11-23)33-29(34-28(26)37)32-24-13-16-35(17-14-24)20-22-8-3-1-4-9-22/h1-6,8-11,21,24H,7,12-20H2,(H2,31,32,33,34). The molecule has 9 nitrogen and oxygen atoms in total. The van der Waals surface area contributed by atoms with Gasteiger partial charge in [0.15, 0.2) is 17.0 Å². The van der Waals surface area contributed by atoms with Crippen molar-refractivity contribution in [3.63, 3.8) is 0 Å². The second-order valence-corrected chi connectivity index (χ2v) is 10.2. The molecule has 4 heterocycles. The van der Waals surface area contributed by atoms with Crippen LogP contribution < -0.4 is 10.6 Å². The van der Waals surface area contributed by atoms with Gasteiger partial charge in [-0.25, -0.2) is 4.98 Å². The molecule has 1 amide bonds. The van der Waals surface area contributed by atoms with Crippen LogP contribution in [0.4, 0.5) is 17.5 Å². The Morgan fingerprint density at radius 3 is 2.39 bits per heavy atom. The number of fused-ring (bicyclic) bond motifs is 1. The van der Waals surface area contributed by atoms with Crippen LogP contribution in [0.15, 0.2) is 67.0 Å². The molecule has 0 saturated carbocycles. The molecule has 2 saturated heterocycles. The average Bonchev–Trinajstić information content (AvgIpc) is 3.55. The molecule has 0 radical (unpaired) electrons. The van der Waals surface area contributed by atoms with Crippen LogP contribution in [0.3, 0.4) is 0 Å². The Balaban J connectivity index is 1.19. The van der Waals surface area contributed by atoms with E-state index < -0.39 is 0 Å². The predicted octanol–water partition coefficient (Wildman–Crippen LogP) is 4.27. The van der Waals surface area contributed by atoms with Gasteiger partial charge in [-0.1, -0.05) is 48.5 Å². The summed E-state index contributed by atoms with van der Waals surface area (Å²) in [7, 11) is 0. The number of nitrogens with zero attached hydrogens (tertiary/aromatic N) is 6. The van der Waals surface area contributed by atoms with Gasteiger partial charge in [-0.3, -0.25) is 9.69 Å². The first kappa shape index (κ1) is 24.4. The molecule has 0 spiro atoms. The third-order valence-electron chi connectivity index (χ3n) is 7.45. The van der Waals surface area contributed by atoms with Gasteiger partial charge in [0.05, 0.1) is 6.33 Å². The summed E-state index contributed by atoms with van der Waals surface area (Å²) in [5.41, 5.74) is 3.80. The van der Waals surface area contributed by atoms with E-state index in [0.717, 1.165) is 62.3 Å². The van der Waals surface area contributed by atoms with E-state index in [1.807, 2.05) is 46.1 Å². The Kier molecular flexibility index (Phi) is 7.17. The monoisotopic (exact) mass is 510 g/mol. The summed E-state index contributed by atoms with van der Waals surface area (Å²) >= 11 is 0. The number of carbonyl (C=O) groups is 1. The molecule has 2 aliphatic heterocycles. The summed E-state index contributed by atoms with van der Waals surface area (Å²) in [6.45, 7) is 5.20. The molecule has 9 heteroatoms. The van der Waals surface area contributed by atoms with Crippen LogP contribution >= 0.6 is 0 Å². The van der Waals surface area contributed by atoms with Crippen LogP contribution in [0.5, 0.6) is 0 Å². The third kappa shape index (κ3) is 5.62. The van der Waals surface area contributed by atoms with Crippen molar-refractivity contribution < 1.29 is 4.79 Å². The fourth-order valence-corrected chi connectivity index (χ4v) is 5.35. The Bertz CT molecular complexity index is 1370. The first-order chi connectivity index (χ1) is 18.7. The van der Waals surface area contributed by atoms with Gasteiger partial charge in [0.2, 0.25) is 11.9 Å². The van der Waals surface area contributed by atoms with Crippen LogP contribution in [-0.2, 0) is 17.9 Å². The SMILES string of the molecule is O=C1CCCN1CCn1cnc2c(Nc3ccccc3)nc(NC3CCN(Cc4ccccc4)CC3)nc21. The highest BCUT2D eigenvalue weighted by Crippen LogP contribution is 2.26. The van der Waals surface area contributed by atoms with Crippen molar-refractivity contribution in [3.8, 4) is 0 Å². The number of rotatable bonds is 9. The summed E-state index contributed by atoms with van der Waals surface area (Å²) < 4.78 is 2.03. The molecule has 196 valence electrons. The second-order valence-electron chi connectivity index (χ2n) is 10.2. The molecule has 38 heavy (non-hydrogen) atoms. The van der Waals surface area contributed by atoms with E-state index in [4.69, 9.17) is 9.97 Å².